The Bertz CT molecular complexity index is 802. The molecule has 0 unspecified atom stereocenters. The van der Waals surface area contributed by atoms with E-state index in [0.29, 0.717) is 17.2 Å². The van der Waals surface area contributed by atoms with Gasteiger partial charge < -0.3 is 5.32 Å². The van der Waals surface area contributed by atoms with Crippen molar-refractivity contribution in [1.82, 2.24) is 4.90 Å². The molecule has 25 heavy (non-hydrogen) atoms. The topological polar surface area (TPSA) is 49.4 Å². The monoisotopic (exact) mass is 334 g/mol. The fourth-order valence-electron chi connectivity index (χ4n) is 3.03. The van der Waals surface area contributed by atoms with Gasteiger partial charge in [-0.25, -0.2) is 0 Å². The molecule has 4 heteroatoms. The summed E-state index contributed by atoms with van der Waals surface area (Å²) in [6.07, 6.45) is 0. The summed E-state index contributed by atoms with van der Waals surface area (Å²) in [5.41, 5.74) is 3.88. The van der Waals surface area contributed by atoms with Gasteiger partial charge in [-0.1, -0.05) is 50.8 Å². The molecule has 128 valence electrons. The van der Waals surface area contributed by atoms with Crippen molar-refractivity contribution in [3.8, 4) is 0 Å². The van der Waals surface area contributed by atoms with Crippen LogP contribution < -0.4 is 5.32 Å². The van der Waals surface area contributed by atoms with Crippen LogP contribution in [0.3, 0.4) is 0 Å². The first-order valence-corrected chi connectivity index (χ1v) is 8.43. The molecule has 0 aromatic heterocycles. The zero-order chi connectivity index (χ0) is 18.1. The minimum atomic E-state index is -0.642. The fourth-order valence-corrected chi connectivity index (χ4v) is 3.03. The van der Waals surface area contributed by atoms with E-state index in [1.54, 1.807) is 13.0 Å². The summed E-state index contributed by atoms with van der Waals surface area (Å²) in [7, 11) is 0. The number of nitrogens with one attached hydrogen (secondary N) is 1. The Kier molecular flexibility index (Phi) is 4.45. The van der Waals surface area contributed by atoms with E-state index < -0.39 is 6.04 Å². The van der Waals surface area contributed by atoms with Crippen LogP contribution in [0.1, 0.15) is 48.2 Å². The van der Waals surface area contributed by atoms with Gasteiger partial charge in [0.2, 0.25) is 5.91 Å². The van der Waals surface area contributed by atoms with Crippen LogP contribution in [0.25, 0.3) is 5.70 Å². The normalized spacial score (nSPS) is 14.6. The second-order valence-corrected chi connectivity index (χ2v) is 6.61. The lowest BCUT2D eigenvalue weighted by atomic mass is 10.0. The Morgan fingerprint density at radius 1 is 1.00 bits per heavy atom. The molecule has 1 heterocycles. The van der Waals surface area contributed by atoms with Crippen molar-refractivity contribution in [1.29, 1.82) is 0 Å². The molecule has 0 saturated carbocycles. The molecule has 0 aliphatic carbocycles. The van der Waals surface area contributed by atoms with E-state index in [4.69, 9.17) is 0 Å². The second-order valence-electron chi connectivity index (χ2n) is 6.61. The molecule has 2 aromatic rings. The summed E-state index contributed by atoms with van der Waals surface area (Å²) in [5, 5.41) is 2.88. The summed E-state index contributed by atoms with van der Waals surface area (Å²) >= 11 is 0. The molecule has 0 spiro atoms. The Morgan fingerprint density at radius 3 is 2.16 bits per heavy atom. The number of rotatable bonds is 4. The first-order valence-electron chi connectivity index (χ1n) is 8.43. The summed E-state index contributed by atoms with van der Waals surface area (Å²) in [5.74, 6) is 0.0192. The predicted molar refractivity (Wildman–Crippen MR) is 100 cm³/mol. The number of carbonyl (C=O) groups is 2. The zero-order valence-electron chi connectivity index (χ0n) is 14.7. The maximum Gasteiger partial charge on any atom is 0.259 e. The van der Waals surface area contributed by atoms with Crippen molar-refractivity contribution in [2.45, 2.75) is 32.7 Å². The first kappa shape index (κ1) is 17.0. The van der Waals surface area contributed by atoms with Crippen LogP contribution in [0.4, 0.5) is 5.69 Å². The number of benzene rings is 2. The quantitative estimate of drug-likeness (QED) is 0.908. The molecule has 2 aromatic carbocycles. The smallest absolute Gasteiger partial charge is 0.259 e. The first-order chi connectivity index (χ1) is 11.9. The van der Waals surface area contributed by atoms with E-state index in [1.807, 2.05) is 42.5 Å². The van der Waals surface area contributed by atoms with Gasteiger partial charge in [0.05, 0.1) is 0 Å². The van der Waals surface area contributed by atoms with Gasteiger partial charge >= 0.3 is 0 Å². The molecule has 3 rings (SSSR count). The number of fused-ring (bicyclic) bond motifs is 1. The number of carbonyl (C=O) groups excluding carboxylic acids is 2. The van der Waals surface area contributed by atoms with Crippen LogP contribution in [-0.4, -0.2) is 22.8 Å². The highest BCUT2D eigenvalue weighted by atomic mass is 16.2. The lowest BCUT2D eigenvalue weighted by molar-refractivity contribution is -0.119. The minimum Gasteiger partial charge on any atom is -0.324 e. The molecule has 4 nitrogen and oxygen atoms in total. The molecule has 1 aliphatic heterocycles. The Labute approximate surface area is 148 Å². The third-order valence-electron chi connectivity index (χ3n) is 4.59. The van der Waals surface area contributed by atoms with Crippen LogP contribution in [0, 0.1) is 0 Å². The van der Waals surface area contributed by atoms with E-state index in [2.05, 4.69) is 25.7 Å². The molecule has 1 atom stereocenters. The maximum absolute atomic E-state index is 12.6. The molecule has 0 bridgehead atoms. The molecular weight excluding hydrogens is 312 g/mol. The molecular formula is C21H22N2O2. The van der Waals surface area contributed by atoms with Crippen molar-refractivity contribution in [3.05, 3.63) is 71.8 Å². The third kappa shape index (κ3) is 3.07. The highest BCUT2D eigenvalue weighted by Crippen LogP contribution is 2.33. The zero-order valence-corrected chi connectivity index (χ0v) is 14.7. The van der Waals surface area contributed by atoms with Crippen molar-refractivity contribution in [2.24, 2.45) is 0 Å². The summed E-state index contributed by atoms with van der Waals surface area (Å²) in [6.45, 7) is 9.95. The summed E-state index contributed by atoms with van der Waals surface area (Å²) < 4.78 is 0. The predicted octanol–water partition coefficient (Wildman–Crippen LogP) is 4.26. The van der Waals surface area contributed by atoms with E-state index in [0.717, 1.165) is 11.3 Å². The highest BCUT2D eigenvalue weighted by Gasteiger charge is 2.36. The Balaban J connectivity index is 1.75. The molecule has 0 radical (unpaired) electrons. The Morgan fingerprint density at radius 2 is 1.60 bits per heavy atom. The van der Waals surface area contributed by atoms with Gasteiger partial charge in [-0.2, -0.15) is 0 Å². The lowest BCUT2D eigenvalue weighted by Crippen LogP contribution is -2.41. The van der Waals surface area contributed by atoms with Crippen LogP contribution in [-0.2, 0) is 4.79 Å². The van der Waals surface area contributed by atoms with Gasteiger partial charge in [-0.15, -0.1) is 0 Å². The molecule has 2 amide bonds. The van der Waals surface area contributed by atoms with Crippen molar-refractivity contribution < 1.29 is 9.59 Å². The Hall–Kier alpha value is -2.88. The van der Waals surface area contributed by atoms with Crippen LogP contribution >= 0.6 is 0 Å². The van der Waals surface area contributed by atoms with E-state index in [9.17, 15) is 9.59 Å². The van der Waals surface area contributed by atoms with E-state index in [-0.39, 0.29) is 11.8 Å². The second kappa shape index (κ2) is 6.55. The SMILES string of the molecule is C=C1c2ccccc2C(=O)N1[C@H](C)C(=O)Nc1ccc(C(C)C)cc1. The molecule has 1 N–H and O–H groups in total. The van der Waals surface area contributed by atoms with E-state index in [1.165, 1.54) is 10.5 Å². The largest absolute Gasteiger partial charge is 0.324 e. The van der Waals surface area contributed by atoms with Gasteiger partial charge in [-0.3, -0.25) is 14.5 Å². The van der Waals surface area contributed by atoms with Crippen LogP contribution in [0.2, 0.25) is 0 Å². The molecule has 0 fully saturated rings. The summed E-state index contributed by atoms with van der Waals surface area (Å²) in [6, 6.07) is 14.4. The molecule has 1 aliphatic rings. The number of hydrogen-bond acceptors (Lipinski definition) is 2. The van der Waals surface area contributed by atoms with Gasteiger partial charge in [0.25, 0.3) is 5.91 Å². The van der Waals surface area contributed by atoms with Gasteiger partial charge in [0.15, 0.2) is 0 Å². The van der Waals surface area contributed by atoms with E-state index >= 15 is 0 Å². The minimum absolute atomic E-state index is 0.182. The van der Waals surface area contributed by atoms with Gasteiger partial charge in [-0.05, 0) is 36.6 Å². The summed E-state index contributed by atoms with van der Waals surface area (Å²) in [4.78, 5) is 26.7. The average Bonchev–Trinajstić information content (AvgIpc) is 2.86. The van der Waals surface area contributed by atoms with Gasteiger partial charge in [0.1, 0.15) is 6.04 Å². The standard InChI is InChI=1S/C21H22N2O2/c1-13(2)16-9-11-17(12-10-16)22-20(24)15(4)23-14(3)18-7-5-6-8-19(18)21(23)25/h5-13,15H,3H2,1-2,4H3,(H,22,24)/t15-/m1/s1. The number of amides is 2. The van der Waals surface area contributed by atoms with Crippen molar-refractivity contribution >= 4 is 23.2 Å². The van der Waals surface area contributed by atoms with Crippen molar-refractivity contribution in [2.75, 3.05) is 5.32 Å². The van der Waals surface area contributed by atoms with Crippen molar-refractivity contribution in [3.63, 3.8) is 0 Å². The average molecular weight is 334 g/mol. The fraction of sp³-hybridized carbons (Fsp3) is 0.238. The number of anilines is 1. The van der Waals surface area contributed by atoms with Crippen LogP contribution in [0.5, 0.6) is 0 Å². The maximum atomic E-state index is 12.6. The van der Waals surface area contributed by atoms with Gasteiger partial charge in [0, 0.05) is 22.5 Å². The molecule has 0 saturated heterocycles. The lowest BCUT2D eigenvalue weighted by Gasteiger charge is -2.24. The number of hydrogen-bond donors (Lipinski definition) is 1. The highest BCUT2D eigenvalue weighted by molar-refractivity contribution is 6.11. The number of nitrogens with zero attached hydrogens (tertiary/aromatic N) is 1. The third-order valence-corrected chi connectivity index (χ3v) is 4.59. The van der Waals surface area contributed by atoms with Crippen LogP contribution in [0.15, 0.2) is 55.1 Å².